The minimum absolute atomic E-state index is 0.0764. The standard InChI is InChI=1S/C18H26O4/c1-13(2)6-9-18(10-7-14(3)4)11-8-15(19)16(17(18)20)22-12-21-5/h8,11,16H,1,3,6-7,9-10,12H2,2,4-5H3. The Bertz CT molecular complexity index is 469. The van der Waals surface area contributed by atoms with Crippen molar-refractivity contribution < 1.29 is 19.1 Å². The molecule has 0 aromatic carbocycles. The molecule has 0 heterocycles. The van der Waals surface area contributed by atoms with E-state index >= 15 is 0 Å². The van der Waals surface area contributed by atoms with E-state index in [1.54, 1.807) is 6.08 Å². The highest BCUT2D eigenvalue weighted by atomic mass is 16.7. The maximum absolute atomic E-state index is 12.9. The van der Waals surface area contributed by atoms with Crippen LogP contribution in [0.2, 0.25) is 0 Å². The molecule has 4 nitrogen and oxygen atoms in total. The van der Waals surface area contributed by atoms with Crippen LogP contribution in [-0.4, -0.2) is 31.6 Å². The van der Waals surface area contributed by atoms with Crippen LogP contribution >= 0.6 is 0 Å². The Hall–Kier alpha value is -1.52. The molecule has 0 saturated carbocycles. The van der Waals surface area contributed by atoms with Crippen LogP contribution in [0.15, 0.2) is 36.5 Å². The van der Waals surface area contributed by atoms with Crippen LogP contribution in [0.25, 0.3) is 0 Å². The molecule has 1 aliphatic rings. The zero-order chi connectivity index (χ0) is 16.8. The van der Waals surface area contributed by atoms with Gasteiger partial charge in [0.15, 0.2) is 17.7 Å². The fraction of sp³-hybridized carbons (Fsp3) is 0.556. The third kappa shape index (κ3) is 4.75. The lowest BCUT2D eigenvalue weighted by Gasteiger charge is -2.35. The van der Waals surface area contributed by atoms with E-state index in [1.165, 1.54) is 13.2 Å². The van der Waals surface area contributed by atoms with Crippen molar-refractivity contribution in [3.8, 4) is 0 Å². The number of Topliss-reactive ketones (excluding diaryl/α,β-unsaturated/α-hetero) is 1. The number of ketones is 2. The summed E-state index contributed by atoms with van der Waals surface area (Å²) in [4.78, 5) is 24.8. The first-order chi connectivity index (χ1) is 10.3. The Kier molecular flexibility index (Phi) is 6.91. The van der Waals surface area contributed by atoms with Crippen LogP contribution in [0, 0.1) is 5.41 Å². The molecule has 0 N–H and O–H groups in total. The number of methoxy groups -OCH3 is 1. The molecule has 0 spiro atoms. The van der Waals surface area contributed by atoms with Crippen molar-refractivity contribution in [3.05, 3.63) is 36.5 Å². The molecular weight excluding hydrogens is 280 g/mol. The molecule has 1 unspecified atom stereocenters. The van der Waals surface area contributed by atoms with Gasteiger partial charge in [0, 0.05) is 7.11 Å². The van der Waals surface area contributed by atoms with Crippen molar-refractivity contribution >= 4 is 11.6 Å². The van der Waals surface area contributed by atoms with Gasteiger partial charge in [-0.1, -0.05) is 17.2 Å². The van der Waals surface area contributed by atoms with E-state index in [0.717, 1.165) is 24.0 Å². The van der Waals surface area contributed by atoms with Crippen LogP contribution in [0.5, 0.6) is 0 Å². The fourth-order valence-electron chi connectivity index (χ4n) is 2.51. The highest BCUT2D eigenvalue weighted by molar-refractivity contribution is 6.15. The number of ether oxygens (including phenoxy) is 2. The second-order valence-corrected chi connectivity index (χ2v) is 6.12. The van der Waals surface area contributed by atoms with Gasteiger partial charge in [0.2, 0.25) is 0 Å². The number of carbonyl (C=O) groups excluding carboxylic acids is 2. The Labute approximate surface area is 132 Å². The quantitative estimate of drug-likeness (QED) is 0.372. The van der Waals surface area contributed by atoms with E-state index in [9.17, 15) is 9.59 Å². The topological polar surface area (TPSA) is 52.6 Å². The van der Waals surface area contributed by atoms with Crippen LogP contribution in [0.4, 0.5) is 0 Å². The van der Waals surface area contributed by atoms with E-state index in [2.05, 4.69) is 13.2 Å². The predicted octanol–water partition coefficient (Wildman–Crippen LogP) is 3.38. The van der Waals surface area contributed by atoms with Crippen molar-refractivity contribution in [2.24, 2.45) is 5.41 Å². The Morgan fingerprint density at radius 2 is 1.73 bits per heavy atom. The number of allylic oxidation sites excluding steroid dienone is 3. The first-order valence-electron chi connectivity index (χ1n) is 7.49. The van der Waals surface area contributed by atoms with Gasteiger partial charge in [-0.2, -0.15) is 0 Å². The van der Waals surface area contributed by atoms with Gasteiger partial charge in [0.05, 0.1) is 5.41 Å². The summed E-state index contributed by atoms with van der Waals surface area (Å²) >= 11 is 0. The van der Waals surface area contributed by atoms with Crippen molar-refractivity contribution in [1.82, 2.24) is 0 Å². The lowest BCUT2D eigenvalue weighted by Crippen LogP contribution is -2.46. The lowest BCUT2D eigenvalue weighted by molar-refractivity contribution is -0.156. The van der Waals surface area contributed by atoms with Crippen molar-refractivity contribution in [3.63, 3.8) is 0 Å². The number of rotatable bonds is 9. The molecular formula is C18H26O4. The molecule has 4 heteroatoms. The van der Waals surface area contributed by atoms with E-state index in [4.69, 9.17) is 9.47 Å². The van der Waals surface area contributed by atoms with Gasteiger partial charge >= 0.3 is 0 Å². The SMILES string of the molecule is C=C(C)CCC1(CCC(=C)C)C=CC(=O)C(OCOC)C1=O. The van der Waals surface area contributed by atoms with Gasteiger partial charge in [0.25, 0.3) is 0 Å². The van der Waals surface area contributed by atoms with E-state index in [1.807, 2.05) is 13.8 Å². The summed E-state index contributed by atoms with van der Waals surface area (Å²) in [6, 6.07) is 0. The average Bonchev–Trinajstić information content (AvgIpc) is 2.45. The van der Waals surface area contributed by atoms with Crippen molar-refractivity contribution in [1.29, 1.82) is 0 Å². The van der Waals surface area contributed by atoms with Gasteiger partial charge in [-0.3, -0.25) is 9.59 Å². The molecule has 1 atom stereocenters. The van der Waals surface area contributed by atoms with Crippen molar-refractivity contribution in [2.45, 2.75) is 45.6 Å². The van der Waals surface area contributed by atoms with Gasteiger partial charge < -0.3 is 9.47 Å². The van der Waals surface area contributed by atoms with E-state index in [-0.39, 0.29) is 18.4 Å². The smallest absolute Gasteiger partial charge is 0.191 e. The van der Waals surface area contributed by atoms with Gasteiger partial charge in [-0.15, -0.1) is 13.2 Å². The molecule has 0 aromatic rings. The first kappa shape index (κ1) is 18.5. The van der Waals surface area contributed by atoms with Crippen LogP contribution < -0.4 is 0 Å². The van der Waals surface area contributed by atoms with E-state index in [0.29, 0.717) is 12.8 Å². The maximum atomic E-state index is 12.9. The maximum Gasteiger partial charge on any atom is 0.191 e. The van der Waals surface area contributed by atoms with Gasteiger partial charge in [-0.05, 0) is 45.6 Å². The van der Waals surface area contributed by atoms with Gasteiger partial charge in [-0.25, -0.2) is 0 Å². The van der Waals surface area contributed by atoms with Gasteiger partial charge in [0.1, 0.15) is 6.79 Å². The minimum atomic E-state index is -1.07. The fourth-order valence-corrected chi connectivity index (χ4v) is 2.51. The minimum Gasteiger partial charge on any atom is -0.359 e. The molecule has 0 aromatic heterocycles. The largest absolute Gasteiger partial charge is 0.359 e. The Balaban J connectivity index is 3.03. The monoisotopic (exact) mass is 306 g/mol. The van der Waals surface area contributed by atoms with E-state index < -0.39 is 11.5 Å². The molecule has 0 radical (unpaired) electrons. The predicted molar refractivity (Wildman–Crippen MR) is 86.4 cm³/mol. The summed E-state index contributed by atoms with van der Waals surface area (Å²) < 4.78 is 10.1. The first-order valence-corrected chi connectivity index (χ1v) is 7.49. The zero-order valence-corrected chi connectivity index (χ0v) is 13.8. The summed E-state index contributed by atoms with van der Waals surface area (Å²) in [5.41, 5.74) is 1.34. The molecule has 0 bridgehead atoms. The van der Waals surface area contributed by atoms with Crippen LogP contribution in [0.3, 0.4) is 0 Å². The summed E-state index contributed by atoms with van der Waals surface area (Å²) in [7, 11) is 1.46. The third-order valence-electron chi connectivity index (χ3n) is 3.90. The zero-order valence-electron chi connectivity index (χ0n) is 13.8. The molecule has 1 rings (SSSR count). The highest BCUT2D eigenvalue weighted by Gasteiger charge is 2.45. The number of hydrogen-bond donors (Lipinski definition) is 0. The molecule has 1 aliphatic carbocycles. The average molecular weight is 306 g/mol. The lowest BCUT2D eigenvalue weighted by atomic mass is 9.69. The molecule has 0 aliphatic heterocycles. The second kappa shape index (κ2) is 8.20. The molecule has 0 amide bonds. The number of hydrogen-bond acceptors (Lipinski definition) is 4. The highest BCUT2D eigenvalue weighted by Crippen LogP contribution is 2.39. The Morgan fingerprint density at radius 1 is 1.18 bits per heavy atom. The molecule has 0 saturated heterocycles. The van der Waals surface area contributed by atoms with Crippen LogP contribution in [-0.2, 0) is 19.1 Å². The normalized spacial score (nSPS) is 20.2. The summed E-state index contributed by atoms with van der Waals surface area (Å²) in [5, 5.41) is 0. The Morgan fingerprint density at radius 3 is 2.18 bits per heavy atom. The summed E-state index contributed by atoms with van der Waals surface area (Å²) in [6.45, 7) is 11.6. The molecule has 122 valence electrons. The molecule has 22 heavy (non-hydrogen) atoms. The van der Waals surface area contributed by atoms with Crippen LogP contribution in [0.1, 0.15) is 39.5 Å². The number of carbonyl (C=O) groups is 2. The summed E-state index contributed by atoms with van der Waals surface area (Å²) in [6.07, 6.45) is 4.88. The molecule has 0 fully saturated rings. The third-order valence-corrected chi connectivity index (χ3v) is 3.90. The van der Waals surface area contributed by atoms with Crippen molar-refractivity contribution in [2.75, 3.05) is 13.9 Å². The summed E-state index contributed by atoms with van der Waals surface area (Å²) in [5.74, 6) is -0.497. The second-order valence-electron chi connectivity index (χ2n) is 6.12.